The summed E-state index contributed by atoms with van der Waals surface area (Å²) in [4.78, 5) is 17.1. The number of sulfonamides is 1. The van der Waals surface area contributed by atoms with Crippen LogP contribution in [0.2, 0.25) is 0 Å². The van der Waals surface area contributed by atoms with Crippen LogP contribution in [-0.4, -0.2) is 35.6 Å². The van der Waals surface area contributed by atoms with Gasteiger partial charge >= 0.3 is 12.1 Å². The van der Waals surface area contributed by atoms with Crippen LogP contribution in [0.5, 0.6) is 11.5 Å². The number of fused-ring (bicyclic) bond motifs is 1. The molecule has 212 valence electrons. The quantitative estimate of drug-likeness (QED) is 0.196. The lowest BCUT2D eigenvalue weighted by Crippen LogP contribution is -2.21. The van der Waals surface area contributed by atoms with E-state index in [0.717, 1.165) is 39.5 Å². The number of anilines is 1. The highest BCUT2D eigenvalue weighted by atomic mass is 32.2. The molecule has 0 atom stereocenters. The van der Waals surface area contributed by atoms with Crippen LogP contribution in [0.4, 0.5) is 18.9 Å². The largest absolute Gasteiger partial charge is 0.490 e. The predicted molar refractivity (Wildman–Crippen MR) is 148 cm³/mol. The highest BCUT2D eigenvalue weighted by molar-refractivity contribution is 7.92. The highest BCUT2D eigenvalue weighted by Crippen LogP contribution is 2.24. The van der Waals surface area contributed by atoms with Gasteiger partial charge in [0.25, 0.3) is 10.0 Å². The van der Waals surface area contributed by atoms with Gasteiger partial charge in [0.15, 0.2) is 0 Å². The first-order valence-electron chi connectivity index (χ1n) is 12.1. The lowest BCUT2D eigenvalue weighted by Gasteiger charge is -2.08. The number of rotatable bonds is 7. The van der Waals surface area contributed by atoms with Gasteiger partial charge in [0, 0.05) is 6.42 Å². The van der Waals surface area contributed by atoms with Gasteiger partial charge in [0.1, 0.15) is 17.3 Å². The van der Waals surface area contributed by atoms with Crippen molar-refractivity contribution >= 4 is 32.7 Å². The zero-order valence-electron chi connectivity index (χ0n) is 21.5. The summed E-state index contributed by atoms with van der Waals surface area (Å²) in [6.07, 6.45) is -4.47. The molecule has 0 unspecified atom stereocenters. The predicted octanol–water partition coefficient (Wildman–Crippen LogP) is 6.69. The maximum atomic E-state index is 12.7. The van der Waals surface area contributed by atoms with Crippen molar-refractivity contribution in [1.82, 2.24) is 9.97 Å². The van der Waals surface area contributed by atoms with Crippen LogP contribution in [-0.2, 0) is 21.2 Å². The summed E-state index contributed by atoms with van der Waals surface area (Å²) in [5.74, 6) is -0.399. The van der Waals surface area contributed by atoms with E-state index in [1.165, 1.54) is 0 Å². The molecule has 0 amide bonds. The number of H-pyrrole nitrogens is 1. The number of carboxylic acids is 1. The molecule has 0 bridgehead atoms. The topological polar surface area (TPSA) is 121 Å². The molecule has 0 aliphatic heterocycles. The summed E-state index contributed by atoms with van der Waals surface area (Å²) in [6, 6.07) is 29.6. The summed E-state index contributed by atoms with van der Waals surface area (Å²) in [7, 11) is -3.67. The van der Waals surface area contributed by atoms with E-state index in [1.54, 1.807) is 36.4 Å². The molecule has 0 saturated heterocycles. The van der Waals surface area contributed by atoms with E-state index in [1.807, 2.05) is 67.6 Å². The van der Waals surface area contributed by atoms with Crippen molar-refractivity contribution in [2.45, 2.75) is 24.4 Å². The fraction of sp³-hybridized carbons (Fsp3) is 0.103. The van der Waals surface area contributed by atoms with E-state index >= 15 is 0 Å². The molecule has 0 fully saturated rings. The Kier molecular flexibility index (Phi) is 8.62. The van der Waals surface area contributed by atoms with Crippen LogP contribution >= 0.6 is 0 Å². The minimum Gasteiger partial charge on any atom is -0.475 e. The molecular weight excluding hydrogens is 559 g/mol. The second-order valence-electron chi connectivity index (χ2n) is 8.88. The Morgan fingerprint density at radius 3 is 2.22 bits per heavy atom. The van der Waals surface area contributed by atoms with Gasteiger partial charge in [0.05, 0.1) is 21.6 Å². The zero-order chi connectivity index (χ0) is 29.6. The molecule has 1 aromatic heterocycles. The zero-order valence-corrected chi connectivity index (χ0v) is 22.3. The van der Waals surface area contributed by atoms with E-state index in [-0.39, 0.29) is 4.90 Å². The third kappa shape index (κ3) is 8.08. The fourth-order valence-electron chi connectivity index (χ4n) is 3.70. The molecular formula is C29H24F3N3O5S. The summed E-state index contributed by atoms with van der Waals surface area (Å²) in [6.45, 7) is 1.86. The Morgan fingerprint density at radius 2 is 1.59 bits per heavy atom. The molecule has 1 heterocycles. The van der Waals surface area contributed by atoms with E-state index in [2.05, 4.69) is 14.7 Å². The summed E-state index contributed by atoms with van der Waals surface area (Å²) >= 11 is 0. The molecule has 4 aromatic carbocycles. The van der Waals surface area contributed by atoms with Gasteiger partial charge in [-0.25, -0.2) is 18.2 Å². The number of benzene rings is 4. The summed E-state index contributed by atoms with van der Waals surface area (Å²) in [5, 5.41) is 7.12. The maximum absolute atomic E-state index is 12.7. The van der Waals surface area contributed by atoms with Crippen LogP contribution in [0.1, 0.15) is 17.0 Å². The monoisotopic (exact) mass is 583 g/mol. The Hall–Kier alpha value is -4.84. The smallest absolute Gasteiger partial charge is 0.475 e. The number of aryl methyl sites for hydroxylation is 1. The number of ether oxygens (including phenoxy) is 1. The van der Waals surface area contributed by atoms with Crippen molar-refractivity contribution in [2.75, 3.05) is 4.72 Å². The average molecular weight is 584 g/mol. The minimum absolute atomic E-state index is 0.234. The Labute approximate surface area is 233 Å². The number of imidazole rings is 1. The first kappa shape index (κ1) is 29.2. The molecule has 3 N–H and O–H groups in total. The SMILES string of the molecule is Cc1cccc(S(=O)(=O)Nc2ccc3nc(Cc4ccc(Oc5ccccc5)cc4)[nH]c3c2)c1.O=C(O)C(F)(F)F. The molecule has 0 spiro atoms. The Balaban J connectivity index is 0.000000493. The number of aliphatic carboxylic acids is 1. The van der Waals surface area contributed by atoms with Crippen molar-refractivity contribution in [2.24, 2.45) is 0 Å². The molecule has 41 heavy (non-hydrogen) atoms. The maximum Gasteiger partial charge on any atom is 0.490 e. The van der Waals surface area contributed by atoms with E-state index in [0.29, 0.717) is 12.1 Å². The number of halogens is 3. The summed E-state index contributed by atoms with van der Waals surface area (Å²) in [5.41, 5.74) is 3.99. The van der Waals surface area contributed by atoms with Gasteiger partial charge in [-0.3, -0.25) is 4.72 Å². The molecule has 5 rings (SSSR count). The Bertz CT molecular complexity index is 1750. The van der Waals surface area contributed by atoms with Gasteiger partial charge in [-0.05, 0) is 72.6 Å². The molecule has 5 aromatic rings. The van der Waals surface area contributed by atoms with Gasteiger partial charge in [-0.1, -0.05) is 42.5 Å². The average Bonchev–Trinajstić information content (AvgIpc) is 3.31. The number of hydrogen-bond acceptors (Lipinski definition) is 5. The second-order valence-corrected chi connectivity index (χ2v) is 10.6. The van der Waals surface area contributed by atoms with Crippen molar-refractivity contribution in [3.05, 3.63) is 114 Å². The van der Waals surface area contributed by atoms with Crippen LogP contribution < -0.4 is 9.46 Å². The van der Waals surface area contributed by atoms with Crippen molar-refractivity contribution in [3.63, 3.8) is 0 Å². The number of carbonyl (C=O) groups is 1. The van der Waals surface area contributed by atoms with E-state index in [9.17, 15) is 21.6 Å². The minimum atomic E-state index is -5.08. The van der Waals surface area contributed by atoms with Crippen LogP contribution in [0.15, 0.2) is 102 Å². The molecule has 12 heteroatoms. The highest BCUT2D eigenvalue weighted by Gasteiger charge is 2.38. The van der Waals surface area contributed by atoms with Crippen LogP contribution in [0, 0.1) is 6.92 Å². The fourth-order valence-corrected chi connectivity index (χ4v) is 4.85. The lowest BCUT2D eigenvalue weighted by molar-refractivity contribution is -0.192. The molecule has 0 saturated carbocycles. The van der Waals surface area contributed by atoms with Gasteiger partial charge in [-0.15, -0.1) is 0 Å². The lowest BCUT2D eigenvalue weighted by atomic mass is 10.1. The second kappa shape index (κ2) is 12.1. The first-order chi connectivity index (χ1) is 19.4. The molecule has 0 radical (unpaired) electrons. The number of aromatic amines is 1. The van der Waals surface area contributed by atoms with E-state index < -0.39 is 22.2 Å². The van der Waals surface area contributed by atoms with Gasteiger partial charge in [0.2, 0.25) is 0 Å². The third-order valence-electron chi connectivity index (χ3n) is 5.60. The molecule has 8 nitrogen and oxygen atoms in total. The van der Waals surface area contributed by atoms with E-state index in [4.69, 9.17) is 14.6 Å². The Morgan fingerprint density at radius 1 is 0.927 bits per heavy atom. The number of hydrogen-bond donors (Lipinski definition) is 3. The third-order valence-corrected chi connectivity index (χ3v) is 6.98. The number of nitrogens with one attached hydrogen (secondary N) is 2. The number of nitrogens with zero attached hydrogens (tertiary/aromatic N) is 1. The van der Waals surface area contributed by atoms with Crippen LogP contribution in [0.25, 0.3) is 11.0 Å². The van der Waals surface area contributed by atoms with Gasteiger partial charge < -0.3 is 14.8 Å². The standard InChI is InChI=1S/C27H23N3O3S.C2HF3O2/c1-19-6-5-9-24(16-19)34(31,32)30-21-12-15-25-26(18-21)29-27(28-25)17-20-10-13-23(14-11-20)33-22-7-3-2-4-8-22;3-2(4,5)1(6)7/h2-16,18,30H,17H2,1H3,(H,28,29);(H,6,7). The number of alkyl halides is 3. The molecule has 0 aliphatic rings. The summed E-state index contributed by atoms with van der Waals surface area (Å²) < 4.78 is 65.7. The van der Waals surface area contributed by atoms with Gasteiger partial charge in [-0.2, -0.15) is 13.2 Å². The molecule has 0 aliphatic carbocycles. The first-order valence-corrected chi connectivity index (χ1v) is 13.6. The number of carboxylic acid groups (broad SMARTS) is 1. The van der Waals surface area contributed by atoms with Crippen molar-refractivity contribution in [3.8, 4) is 11.5 Å². The number of para-hydroxylation sites is 1. The van der Waals surface area contributed by atoms with Crippen molar-refractivity contribution in [1.29, 1.82) is 0 Å². The number of aromatic nitrogens is 2. The van der Waals surface area contributed by atoms with Crippen LogP contribution in [0.3, 0.4) is 0 Å². The normalized spacial score (nSPS) is 11.4. The van der Waals surface area contributed by atoms with Crippen molar-refractivity contribution < 1.29 is 36.2 Å².